The molecule has 0 saturated heterocycles. The Kier molecular flexibility index (Phi) is 4.74. The highest BCUT2D eigenvalue weighted by Crippen LogP contribution is 2.16. The van der Waals surface area contributed by atoms with Gasteiger partial charge in [-0.15, -0.1) is 0 Å². The van der Waals surface area contributed by atoms with Crippen LogP contribution in [0, 0.1) is 5.92 Å². The summed E-state index contributed by atoms with van der Waals surface area (Å²) < 4.78 is 2.19. The molecule has 1 aromatic carbocycles. The van der Waals surface area contributed by atoms with E-state index in [0.29, 0.717) is 5.92 Å². The summed E-state index contributed by atoms with van der Waals surface area (Å²) in [4.78, 5) is 4.29. The Morgan fingerprint density at radius 2 is 2.16 bits per heavy atom. The molecular weight excluding hydrogens is 234 g/mol. The molecule has 102 valence electrons. The van der Waals surface area contributed by atoms with E-state index >= 15 is 0 Å². The van der Waals surface area contributed by atoms with E-state index in [1.54, 1.807) is 0 Å². The molecule has 1 aromatic heterocycles. The molecule has 0 unspecified atom stereocenters. The molecule has 0 aliphatic carbocycles. The van der Waals surface area contributed by atoms with Crippen molar-refractivity contribution >= 4 is 0 Å². The summed E-state index contributed by atoms with van der Waals surface area (Å²) in [6, 6.07) is 8.64. The van der Waals surface area contributed by atoms with Crippen LogP contribution in [0.4, 0.5) is 0 Å². The lowest BCUT2D eigenvalue weighted by Gasteiger charge is -2.11. The maximum absolute atomic E-state index is 4.29. The molecule has 0 bridgehead atoms. The van der Waals surface area contributed by atoms with Crippen LogP contribution in [0.15, 0.2) is 36.8 Å². The third kappa shape index (κ3) is 3.67. The highest BCUT2D eigenvalue weighted by atomic mass is 15.0. The van der Waals surface area contributed by atoms with Gasteiger partial charge in [0.1, 0.15) is 0 Å². The SMILES string of the molecule is CCNCc1cccc(-n2cncc2CC(C)C)c1. The van der Waals surface area contributed by atoms with Crippen molar-refractivity contribution in [3.05, 3.63) is 48.0 Å². The minimum Gasteiger partial charge on any atom is -0.313 e. The number of hydrogen-bond donors (Lipinski definition) is 1. The van der Waals surface area contributed by atoms with Crippen LogP contribution in [0.1, 0.15) is 32.0 Å². The van der Waals surface area contributed by atoms with Crippen LogP contribution in [0.3, 0.4) is 0 Å². The van der Waals surface area contributed by atoms with Crippen molar-refractivity contribution in [2.45, 2.75) is 33.7 Å². The second kappa shape index (κ2) is 6.53. The number of aromatic nitrogens is 2. The summed E-state index contributed by atoms with van der Waals surface area (Å²) in [6.07, 6.45) is 4.93. The van der Waals surface area contributed by atoms with E-state index in [1.165, 1.54) is 16.9 Å². The van der Waals surface area contributed by atoms with Crippen molar-refractivity contribution in [3.8, 4) is 5.69 Å². The Balaban J connectivity index is 2.23. The maximum atomic E-state index is 4.29. The van der Waals surface area contributed by atoms with E-state index in [0.717, 1.165) is 19.5 Å². The van der Waals surface area contributed by atoms with Crippen molar-refractivity contribution in [2.75, 3.05) is 6.54 Å². The molecule has 0 aliphatic heterocycles. The molecule has 0 spiro atoms. The van der Waals surface area contributed by atoms with Crippen molar-refractivity contribution < 1.29 is 0 Å². The van der Waals surface area contributed by atoms with Crippen LogP contribution in [-0.2, 0) is 13.0 Å². The van der Waals surface area contributed by atoms with E-state index in [9.17, 15) is 0 Å². The fraction of sp³-hybridized carbons (Fsp3) is 0.438. The van der Waals surface area contributed by atoms with Gasteiger partial charge in [-0.1, -0.05) is 32.9 Å². The Hall–Kier alpha value is -1.61. The second-order valence-electron chi connectivity index (χ2n) is 5.30. The zero-order valence-corrected chi connectivity index (χ0v) is 12.1. The van der Waals surface area contributed by atoms with Crippen molar-refractivity contribution in [1.82, 2.24) is 14.9 Å². The highest BCUT2D eigenvalue weighted by molar-refractivity contribution is 5.37. The molecule has 0 saturated carbocycles. The average molecular weight is 257 g/mol. The van der Waals surface area contributed by atoms with Gasteiger partial charge in [0.25, 0.3) is 0 Å². The third-order valence-electron chi connectivity index (χ3n) is 3.10. The van der Waals surface area contributed by atoms with Gasteiger partial charge in [-0.25, -0.2) is 4.98 Å². The van der Waals surface area contributed by atoms with Crippen molar-refractivity contribution in [3.63, 3.8) is 0 Å². The predicted octanol–water partition coefficient (Wildman–Crippen LogP) is 3.18. The lowest BCUT2D eigenvalue weighted by atomic mass is 10.1. The molecule has 1 heterocycles. The first-order chi connectivity index (χ1) is 9.20. The molecule has 3 nitrogen and oxygen atoms in total. The topological polar surface area (TPSA) is 29.9 Å². The van der Waals surface area contributed by atoms with Crippen molar-refractivity contribution in [2.24, 2.45) is 5.92 Å². The van der Waals surface area contributed by atoms with E-state index in [-0.39, 0.29) is 0 Å². The van der Waals surface area contributed by atoms with Crippen LogP contribution in [0.2, 0.25) is 0 Å². The molecule has 0 fully saturated rings. The van der Waals surface area contributed by atoms with Gasteiger partial charge in [-0.05, 0) is 36.6 Å². The van der Waals surface area contributed by atoms with Gasteiger partial charge in [0.05, 0.1) is 6.33 Å². The molecule has 2 aromatic rings. The highest BCUT2D eigenvalue weighted by Gasteiger charge is 2.06. The fourth-order valence-corrected chi connectivity index (χ4v) is 2.21. The van der Waals surface area contributed by atoms with E-state index < -0.39 is 0 Å². The van der Waals surface area contributed by atoms with E-state index in [1.807, 2.05) is 12.5 Å². The first kappa shape index (κ1) is 13.8. The number of rotatable bonds is 6. The van der Waals surface area contributed by atoms with Gasteiger partial charge < -0.3 is 9.88 Å². The quantitative estimate of drug-likeness (QED) is 0.861. The van der Waals surface area contributed by atoms with Gasteiger partial charge >= 0.3 is 0 Å². The summed E-state index contributed by atoms with van der Waals surface area (Å²) in [5.41, 5.74) is 3.78. The maximum Gasteiger partial charge on any atom is 0.0994 e. The molecule has 2 rings (SSSR count). The van der Waals surface area contributed by atoms with E-state index in [2.05, 4.69) is 59.9 Å². The first-order valence-corrected chi connectivity index (χ1v) is 7.02. The zero-order chi connectivity index (χ0) is 13.7. The molecule has 0 aliphatic rings. The Morgan fingerprint density at radius 1 is 1.32 bits per heavy atom. The smallest absolute Gasteiger partial charge is 0.0994 e. The second-order valence-corrected chi connectivity index (χ2v) is 5.30. The van der Waals surface area contributed by atoms with E-state index in [4.69, 9.17) is 0 Å². The normalized spacial score (nSPS) is 11.2. The number of benzene rings is 1. The van der Waals surface area contributed by atoms with Gasteiger partial charge in [-0.3, -0.25) is 0 Å². The summed E-state index contributed by atoms with van der Waals surface area (Å²) >= 11 is 0. The lowest BCUT2D eigenvalue weighted by molar-refractivity contribution is 0.627. The van der Waals surface area contributed by atoms with Gasteiger partial charge in [0.2, 0.25) is 0 Å². The Labute approximate surface area is 115 Å². The van der Waals surface area contributed by atoms with Crippen LogP contribution in [0.5, 0.6) is 0 Å². The van der Waals surface area contributed by atoms with Crippen LogP contribution >= 0.6 is 0 Å². The Morgan fingerprint density at radius 3 is 2.89 bits per heavy atom. The van der Waals surface area contributed by atoms with Crippen LogP contribution in [-0.4, -0.2) is 16.1 Å². The monoisotopic (exact) mass is 257 g/mol. The summed E-state index contributed by atoms with van der Waals surface area (Å²) in [7, 11) is 0. The van der Waals surface area contributed by atoms with Gasteiger partial charge in [0.15, 0.2) is 0 Å². The molecule has 1 N–H and O–H groups in total. The summed E-state index contributed by atoms with van der Waals surface area (Å²) in [6.45, 7) is 8.50. The summed E-state index contributed by atoms with van der Waals surface area (Å²) in [5, 5.41) is 3.36. The minimum absolute atomic E-state index is 0.639. The first-order valence-electron chi connectivity index (χ1n) is 7.02. The molecule has 0 radical (unpaired) electrons. The predicted molar refractivity (Wildman–Crippen MR) is 79.5 cm³/mol. The van der Waals surface area contributed by atoms with Crippen LogP contribution < -0.4 is 5.32 Å². The molecule has 19 heavy (non-hydrogen) atoms. The third-order valence-corrected chi connectivity index (χ3v) is 3.10. The number of nitrogens with one attached hydrogen (secondary N) is 1. The standard InChI is InChI=1S/C16H23N3/c1-4-17-10-14-6-5-7-15(9-14)19-12-18-11-16(19)8-13(2)3/h5-7,9,11-13,17H,4,8,10H2,1-3H3. The minimum atomic E-state index is 0.639. The summed E-state index contributed by atoms with van der Waals surface area (Å²) in [5.74, 6) is 0.639. The molecule has 3 heteroatoms. The largest absolute Gasteiger partial charge is 0.313 e. The molecule has 0 atom stereocenters. The Bertz CT molecular complexity index is 514. The number of hydrogen-bond acceptors (Lipinski definition) is 2. The molecule has 0 amide bonds. The van der Waals surface area contributed by atoms with Gasteiger partial charge in [0, 0.05) is 24.1 Å². The van der Waals surface area contributed by atoms with Crippen molar-refractivity contribution in [1.29, 1.82) is 0 Å². The number of nitrogens with zero attached hydrogens (tertiary/aromatic N) is 2. The average Bonchev–Trinajstić information content (AvgIpc) is 2.84. The number of imidazole rings is 1. The molecular formula is C16H23N3. The van der Waals surface area contributed by atoms with Gasteiger partial charge in [-0.2, -0.15) is 0 Å². The fourth-order valence-electron chi connectivity index (χ4n) is 2.21. The zero-order valence-electron chi connectivity index (χ0n) is 12.1. The van der Waals surface area contributed by atoms with Crippen LogP contribution in [0.25, 0.3) is 5.69 Å². The lowest BCUT2D eigenvalue weighted by Crippen LogP contribution is -2.12.